The van der Waals surface area contributed by atoms with Crippen LogP contribution in [0.15, 0.2) is 30.9 Å². The number of hydrogen-bond acceptors (Lipinski definition) is 8. The average molecular weight is 493 g/mol. The summed E-state index contributed by atoms with van der Waals surface area (Å²) in [5, 5.41) is 3.16. The molecule has 3 fully saturated rings. The Morgan fingerprint density at radius 1 is 0.944 bits per heavy atom. The van der Waals surface area contributed by atoms with Crippen LogP contribution in [-0.2, 0) is 11.2 Å². The first-order valence-corrected chi connectivity index (χ1v) is 13.2. The molecule has 0 spiro atoms. The van der Waals surface area contributed by atoms with E-state index in [1.165, 1.54) is 19.2 Å². The van der Waals surface area contributed by atoms with Gasteiger partial charge in [-0.15, -0.1) is 0 Å². The number of benzene rings is 1. The maximum absolute atomic E-state index is 15.0. The third-order valence-corrected chi connectivity index (χ3v) is 7.59. The fourth-order valence-electron chi connectivity index (χ4n) is 5.26. The number of nitrogens with zero attached hydrogens (tertiary/aromatic N) is 5. The molecular formula is C27H33FN6O2. The Morgan fingerprint density at radius 2 is 1.72 bits per heavy atom. The van der Waals surface area contributed by atoms with Crippen LogP contribution >= 0.6 is 0 Å². The van der Waals surface area contributed by atoms with Gasteiger partial charge in [-0.1, -0.05) is 0 Å². The molecule has 0 amide bonds. The number of anilines is 2. The van der Waals surface area contributed by atoms with Crippen molar-refractivity contribution in [1.29, 1.82) is 0 Å². The van der Waals surface area contributed by atoms with Gasteiger partial charge in [0.25, 0.3) is 0 Å². The first-order chi connectivity index (χ1) is 17.7. The Bertz CT molecular complexity index is 1190. The standard InChI is InChI=1S/C27H33FN6O2/c28-25-22(32-17-33-27(25)31-16-19-1-2-19)13-18-3-5-21(6-4-18)36-24-15-20(34-9-11-35-12-10-34)14-23-26(24)30-8-7-29-23/h7-8,14-15,17-19,21H,1-6,9-13,16H2,(H,31,32,33). The van der Waals surface area contributed by atoms with Crippen LogP contribution in [0.1, 0.15) is 44.2 Å². The monoisotopic (exact) mass is 492 g/mol. The molecular weight excluding hydrogens is 459 g/mol. The van der Waals surface area contributed by atoms with Crippen LogP contribution in [0, 0.1) is 17.7 Å². The molecule has 9 heteroatoms. The second-order valence-electron chi connectivity index (χ2n) is 10.2. The van der Waals surface area contributed by atoms with Gasteiger partial charge in [0.05, 0.1) is 30.5 Å². The Balaban J connectivity index is 1.10. The summed E-state index contributed by atoms with van der Waals surface area (Å²) in [6.07, 6.45) is 11.9. The normalized spacial score (nSPS) is 22.5. The van der Waals surface area contributed by atoms with E-state index in [1.807, 2.05) is 0 Å². The molecule has 3 heterocycles. The van der Waals surface area contributed by atoms with Crippen LogP contribution < -0.4 is 15.0 Å². The summed E-state index contributed by atoms with van der Waals surface area (Å²) in [5.41, 5.74) is 3.26. The third-order valence-electron chi connectivity index (χ3n) is 7.59. The smallest absolute Gasteiger partial charge is 0.186 e. The SMILES string of the molecule is Fc1c(CC2CCC(Oc3cc(N4CCOCC4)cc4nccnc34)CC2)ncnc1NCC1CC1. The van der Waals surface area contributed by atoms with Gasteiger partial charge in [0.1, 0.15) is 17.6 Å². The highest BCUT2D eigenvalue weighted by Gasteiger charge is 2.27. The lowest BCUT2D eigenvalue weighted by Crippen LogP contribution is -2.36. The van der Waals surface area contributed by atoms with Crippen molar-refractivity contribution >= 4 is 22.5 Å². The van der Waals surface area contributed by atoms with Gasteiger partial charge in [-0.3, -0.25) is 4.98 Å². The fourth-order valence-corrected chi connectivity index (χ4v) is 5.26. The van der Waals surface area contributed by atoms with Crippen molar-refractivity contribution in [3.8, 4) is 5.75 Å². The first kappa shape index (κ1) is 23.3. The molecule has 1 aromatic carbocycles. The van der Waals surface area contributed by atoms with E-state index >= 15 is 0 Å². The Labute approximate surface area is 210 Å². The highest BCUT2D eigenvalue weighted by atomic mass is 19.1. The molecule has 6 rings (SSSR count). The molecule has 3 aromatic rings. The molecule has 36 heavy (non-hydrogen) atoms. The molecule has 190 valence electrons. The lowest BCUT2D eigenvalue weighted by molar-refractivity contribution is 0.122. The van der Waals surface area contributed by atoms with Crippen molar-refractivity contribution in [1.82, 2.24) is 19.9 Å². The van der Waals surface area contributed by atoms with Crippen LogP contribution in [0.25, 0.3) is 11.0 Å². The minimum absolute atomic E-state index is 0.109. The zero-order valence-corrected chi connectivity index (χ0v) is 20.5. The summed E-state index contributed by atoms with van der Waals surface area (Å²) in [6.45, 7) is 3.95. The molecule has 3 aliphatic rings. The summed E-state index contributed by atoms with van der Waals surface area (Å²) in [6, 6.07) is 4.18. The van der Waals surface area contributed by atoms with Crippen LogP contribution in [0.3, 0.4) is 0 Å². The molecule has 2 saturated carbocycles. The van der Waals surface area contributed by atoms with Crippen molar-refractivity contribution in [2.24, 2.45) is 11.8 Å². The van der Waals surface area contributed by atoms with Crippen molar-refractivity contribution in [2.75, 3.05) is 43.1 Å². The Kier molecular flexibility index (Phi) is 6.81. The van der Waals surface area contributed by atoms with Crippen molar-refractivity contribution in [2.45, 2.75) is 51.0 Å². The van der Waals surface area contributed by atoms with E-state index in [-0.39, 0.29) is 11.9 Å². The van der Waals surface area contributed by atoms with Crippen molar-refractivity contribution in [3.05, 3.63) is 42.4 Å². The second-order valence-corrected chi connectivity index (χ2v) is 10.2. The van der Waals surface area contributed by atoms with Crippen LogP contribution in [0.4, 0.5) is 15.9 Å². The van der Waals surface area contributed by atoms with Gasteiger partial charge in [0, 0.05) is 43.8 Å². The number of fused-ring (bicyclic) bond motifs is 1. The first-order valence-electron chi connectivity index (χ1n) is 13.2. The highest BCUT2D eigenvalue weighted by Crippen LogP contribution is 2.35. The number of morpholine rings is 1. The molecule has 0 bridgehead atoms. The summed E-state index contributed by atoms with van der Waals surface area (Å²) in [7, 11) is 0. The lowest BCUT2D eigenvalue weighted by Gasteiger charge is -2.31. The van der Waals surface area contributed by atoms with Crippen molar-refractivity contribution < 1.29 is 13.9 Å². The minimum Gasteiger partial charge on any atom is -0.488 e. The number of nitrogens with one attached hydrogen (secondary N) is 1. The molecule has 0 radical (unpaired) electrons. The van der Waals surface area contributed by atoms with E-state index in [0.717, 1.165) is 81.0 Å². The molecule has 2 aromatic heterocycles. The Morgan fingerprint density at radius 3 is 2.53 bits per heavy atom. The predicted molar refractivity (Wildman–Crippen MR) is 136 cm³/mol. The van der Waals surface area contributed by atoms with Gasteiger partial charge in [-0.05, 0) is 62.8 Å². The summed E-state index contributed by atoms with van der Waals surface area (Å²) >= 11 is 0. The maximum atomic E-state index is 15.0. The van der Waals surface area contributed by atoms with Crippen LogP contribution in [-0.4, -0.2) is 58.9 Å². The largest absolute Gasteiger partial charge is 0.488 e. The molecule has 2 aliphatic carbocycles. The number of aromatic nitrogens is 4. The molecule has 1 saturated heterocycles. The van der Waals surface area contributed by atoms with Gasteiger partial charge in [-0.2, -0.15) is 0 Å². The van der Waals surface area contributed by atoms with Gasteiger partial charge < -0.3 is 19.7 Å². The van der Waals surface area contributed by atoms with E-state index in [0.29, 0.717) is 29.8 Å². The van der Waals surface area contributed by atoms with E-state index in [2.05, 4.69) is 42.3 Å². The third kappa shape index (κ3) is 5.36. The number of hydrogen-bond donors (Lipinski definition) is 1. The van der Waals surface area contributed by atoms with E-state index in [4.69, 9.17) is 9.47 Å². The van der Waals surface area contributed by atoms with Gasteiger partial charge in [-0.25, -0.2) is 19.3 Å². The van der Waals surface area contributed by atoms with Gasteiger partial charge in [0.2, 0.25) is 0 Å². The van der Waals surface area contributed by atoms with Crippen LogP contribution in [0.2, 0.25) is 0 Å². The summed E-state index contributed by atoms with van der Waals surface area (Å²) < 4.78 is 27.0. The number of ether oxygens (including phenoxy) is 2. The minimum atomic E-state index is -0.290. The van der Waals surface area contributed by atoms with E-state index < -0.39 is 0 Å². The maximum Gasteiger partial charge on any atom is 0.186 e. The second kappa shape index (κ2) is 10.5. The van der Waals surface area contributed by atoms with Gasteiger partial charge >= 0.3 is 0 Å². The van der Waals surface area contributed by atoms with E-state index in [9.17, 15) is 4.39 Å². The topological polar surface area (TPSA) is 85.3 Å². The zero-order valence-electron chi connectivity index (χ0n) is 20.5. The molecule has 8 nitrogen and oxygen atoms in total. The molecule has 1 aliphatic heterocycles. The van der Waals surface area contributed by atoms with Crippen molar-refractivity contribution in [3.63, 3.8) is 0 Å². The zero-order chi connectivity index (χ0) is 24.3. The number of halogens is 1. The highest BCUT2D eigenvalue weighted by molar-refractivity contribution is 5.85. The number of rotatable bonds is 8. The van der Waals surface area contributed by atoms with Gasteiger partial charge in [0.15, 0.2) is 11.6 Å². The predicted octanol–water partition coefficient (Wildman–Crippen LogP) is 4.40. The summed E-state index contributed by atoms with van der Waals surface area (Å²) in [4.78, 5) is 19.8. The molecule has 1 N–H and O–H groups in total. The lowest BCUT2D eigenvalue weighted by atomic mass is 9.84. The Hall–Kier alpha value is -3.07. The summed E-state index contributed by atoms with van der Waals surface area (Å²) in [5.74, 6) is 1.90. The molecule has 0 unspecified atom stereocenters. The van der Waals surface area contributed by atoms with Crippen LogP contribution in [0.5, 0.6) is 5.75 Å². The fraction of sp³-hybridized carbons (Fsp3) is 0.556. The average Bonchev–Trinajstić information content (AvgIpc) is 3.75. The van der Waals surface area contributed by atoms with E-state index in [1.54, 1.807) is 12.4 Å². The molecule has 0 atom stereocenters. The quantitative estimate of drug-likeness (QED) is 0.495.